The molecule has 2 aliphatic heterocycles. The summed E-state index contributed by atoms with van der Waals surface area (Å²) < 4.78 is 32.8. The molecule has 0 aliphatic carbocycles. The summed E-state index contributed by atoms with van der Waals surface area (Å²) in [5.74, 6) is -1.49. The van der Waals surface area contributed by atoms with Gasteiger partial charge in [0.25, 0.3) is 0 Å². The summed E-state index contributed by atoms with van der Waals surface area (Å²) in [4.78, 5) is 15.4. The monoisotopic (exact) mass is 494 g/mol. The van der Waals surface area contributed by atoms with Gasteiger partial charge in [-0.2, -0.15) is 0 Å². The van der Waals surface area contributed by atoms with E-state index in [1.807, 2.05) is 0 Å². The number of piperidine rings is 1. The van der Waals surface area contributed by atoms with Gasteiger partial charge in [-0.3, -0.25) is 4.79 Å². The first-order valence-corrected chi connectivity index (χ1v) is 12.4. The molecule has 4 rings (SSSR count). The summed E-state index contributed by atoms with van der Waals surface area (Å²) in [5.41, 5.74) is 2.61. The van der Waals surface area contributed by atoms with E-state index in [0.717, 1.165) is 45.5 Å². The molecule has 2 aliphatic rings. The molecular formula is C30H36F2N2O2. The van der Waals surface area contributed by atoms with E-state index < -0.39 is 5.92 Å². The average Bonchev–Trinajstić information content (AvgIpc) is 3.25. The lowest BCUT2D eigenvalue weighted by atomic mass is 9.90. The Kier molecular flexibility index (Phi) is 10.1. The fourth-order valence-electron chi connectivity index (χ4n) is 4.66. The van der Waals surface area contributed by atoms with Crippen LogP contribution in [0, 0.1) is 11.6 Å². The van der Waals surface area contributed by atoms with Gasteiger partial charge in [-0.25, -0.2) is 8.78 Å². The Morgan fingerprint density at radius 1 is 1.03 bits per heavy atom. The first kappa shape index (κ1) is 27.5. The molecule has 0 saturated carbocycles. The number of ether oxygens (including phenoxy) is 1. The van der Waals surface area contributed by atoms with Gasteiger partial charge in [0, 0.05) is 19.6 Å². The van der Waals surface area contributed by atoms with E-state index in [2.05, 4.69) is 36.4 Å². The van der Waals surface area contributed by atoms with Crippen LogP contribution in [-0.4, -0.2) is 49.2 Å². The molecule has 4 nitrogen and oxygen atoms in total. The van der Waals surface area contributed by atoms with E-state index in [1.165, 1.54) is 29.8 Å². The third-order valence-corrected chi connectivity index (χ3v) is 6.59. The summed E-state index contributed by atoms with van der Waals surface area (Å²) in [6.45, 7) is 13.0. The first-order valence-electron chi connectivity index (χ1n) is 12.4. The first-order chi connectivity index (χ1) is 17.4. The van der Waals surface area contributed by atoms with Gasteiger partial charge < -0.3 is 15.0 Å². The molecule has 0 radical (unpaired) electrons. The quantitative estimate of drug-likeness (QED) is 0.288. The number of nitrogens with one attached hydrogen (secondary N) is 1. The van der Waals surface area contributed by atoms with E-state index in [4.69, 9.17) is 4.74 Å². The van der Waals surface area contributed by atoms with E-state index in [9.17, 15) is 13.6 Å². The zero-order valence-corrected chi connectivity index (χ0v) is 21.0. The van der Waals surface area contributed by atoms with Crippen molar-refractivity contribution in [2.75, 3.05) is 32.8 Å². The van der Waals surface area contributed by atoms with Crippen molar-refractivity contribution in [3.05, 3.63) is 108 Å². The van der Waals surface area contributed by atoms with Gasteiger partial charge in [0.1, 0.15) is 11.6 Å². The number of likely N-dealkylation sites (tertiary alicyclic amines) is 1. The van der Waals surface area contributed by atoms with E-state index in [-0.39, 0.29) is 23.1 Å². The molecule has 1 amide bonds. The van der Waals surface area contributed by atoms with Crippen LogP contribution in [0.15, 0.2) is 85.5 Å². The Bertz CT molecular complexity index is 988. The molecule has 0 atom stereocenters. The van der Waals surface area contributed by atoms with Crippen molar-refractivity contribution in [2.24, 2.45) is 0 Å². The molecule has 2 aromatic rings. The molecule has 1 fully saturated rings. The highest BCUT2D eigenvalue weighted by Gasteiger charge is 2.36. The second-order valence-corrected chi connectivity index (χ2v) is 9.34. The Balaban J connectivity index is 0.000000840. The van der Waals surface area contributed by atoms with Crippen LogP contribution in [0.3, 0.4) is 0 Å². The Morgan fingerprint density at radius 2 is 1.56 bits per heavy atom. The number of nitrogens with zero attached hydrogens (tertiary/aromatic N) is 1. The molecule has 6 heteroatoms. The van der Waals surface area contributed by atoms with Crippen molar-refractivity contribution in [1.29, 1.82) is 0 Å². The lowest BCUT2D eigenvalue weighted by Crippen LogP contribution is -2.44. The van der Waals surface area contributed by atoms with E-state index in [1.54, 1.807) is 36.4 Å². The predicted molar refractivity (Wildman–Crippen MR) is 141 cm³/mol. The number of carbonyl (C=O) groups excluding carboxylic acids is 1. The van der Waals surface area contributed by atoms with Crippen molar-refractivity contribution < 1.29 is 18.3 Å². The number of allylic oxidation sites excluding steroid dienone is 2. The molecule has 0 unspecified atom stereocenters. The number of carbonyl (C=O) groups is 1. The lowest BCUT2D eigenvalue weighted by Gasteiger charge is -2.37. The lowest BCUT2D eigenvalue weighted by molar-refractivity contribution is -0.121. The molecule has 36 heavy (non-hydrogen) atoms. The third kappa shape index (κ3) is 7.70. The van der Waals surface area contributed by atoms with Crippen LogP contribution in [0.5, 0.6) is 0 Å². The smallest absolute Gasteiger partial charge is 0.232 e. The SMILES string of the molecule is C=CC=C.CC1=CC2(CCN(CCCNC(=O)C(c3ccc(F)cc3)c3ccc(F)cc3)CC2)OC1. The maximum Gasteiger partial charge on any atom is 0.232 e. The van der Waals surface area contributed by atoms with Gasteiger partial charge >= 0.3 is 0 Å². The molecule has 0 bridgehead atoms. The number of benzene rings is 2. The maximum absolute atomic E-state index is 13.4. The van der Waals surface area contributed by atoms with Crippen LogP contribution in [0.25, 0.3) is 0 Å². The van der Waals surface area contributed by atoms with Crippen LogP contribution in [0.1, 0.15) is 43.2 Å². The molecule has 2 heterocycles. The molecule has 0 aromatic heterocycles. The van der Waals surface area contributed by atoms with Gasteiger partial charge in [-0.15, -0.1) is 0 Å². The predicted octanol–water partition coefficient (Wildman–Crippen LogP) is 5.77. The van der Waals surface area contributed by atoms with Crippen LogP contribution < -0.4 is 5.32 Å². The van der Waals surface area contributed by atoms with Crippen molar-refractivity contribution >= 4 is 5.91 Å². The average molecular weight is 495 g/mol. The van der Waals surface area contributed by atoms with Crippen molar-refractivity contribution in [3.63, 3.8) is 0 Å². The Labute approximate surface area is 213 Å². The summed E-state index contributed by atoms with van der Waals surface area (Å²) in [6.07, 6.45) is 8.42. The Hall–Kier alpha value is -3.09. The summed E-state index contributed by atoms with van der Waals surface area (Å²) >= 11 is 0. The highest BCUT2D eigenvalue weighted by Crippen LogP contribution is 2.33. The number of rotatable bonds is 8. The molecule has 1 spiro atoms. The normalized spacial score (nSPS) is 16.7. The number of hydrogen-bond acceptors (Lipinski definition) is 3. The summed E-state index contributed by atoms with van der Waals surface area (Å²) in [5, 5.41) is 3.02. The zero-order valence-electron chi connectivity index (χ0n) is 21.0. The highest BCUT2D eigenvalue weighted by molar-refractivity contribution is 5.87. The number of hydrogen-bond donors (Lipinski definition) is 1. The van der Waals surface area contributed by atoms with E-state index in [0.29, 0.717) is 17.7 Å². The minimum absolute atomic E-state index is 0.0632. The summed E-state index contributed by atoms with van der Waals surface area (Å²) in [6, 6.07) is 11.8. The van der Waals surface area contributed by atoms with Crippen LogP contribution >= 0.6 is 0 Å². The molecule has 1 saturated heterocycles. The number of halogens is 2. The highest BCUT2D eigenvalue weighted by atomic mass is 19.1. The van der Waals surface area contributed by atoms with Gasteiger partial charge in [-0.05, 0) is 73.7 Å². The third-order valence-electron chi connectivity index (χ3n) is 6.59. The number of amides is 1. The molecular weight excluding hydrogens is 458 g/mol. The van der Waals surface area contributed by atoms with Crippen molar-refractivity contribution in [1.82, 2.24) is 10.2 Å². The fraction of sp³-hybridized carbons (Fsp3) is 0.367. The van der Waals surface area contributed by atoms with Crippen LogP contribution in [0.4, 0.5) is 8.78 Å². The van der Waals surface area contributed by atoms with E-state index >= 15 is 0 Å². The minimum atomic E-state index is -0.611. The second-order valence-electron chi connectivity index (χ2n) is 9.34. The van der Waals surface area contributed by atoms with Crippen molar-refractivity contribution in [3.8, 4) is 0 Å². The standard InChI is InChI=1S/C26H30F2N2O2.C4H6/c1-19-17-26(32-18-19)11-15-30(16-12-26)14-2-13-29-25(31)24(20-3-7-22(27)8-4-20)21-5-9-23(28)10-6-21;1-3-4-2/h3-10,17,24H,2,11-16,18H2,1H3,(H,29,31);3-4H,1-2H2. The van der Waals surface area contributed by atoms with Gasteiger partial charge in [0.15, 0.2) is 0 Å². The molecule has 192 valence electrons. The fourth-order valence-corrected chi connectivity index (χ4v) is 4.66. The largest absolute Gasteiger partial charge is 0.366 e. The minimum Gasteiger partial charge on any atom is -0.366 e. The van der Waals surface area contributed by atoms with Crippen molar-refractivity contribution in [2.45, 2.75) is 37.7 Å². The van der Waals surface area contributed by atoms with Crippen LogP contribution in [-0.2, 0) is 9.53 Å². The summed E-state index contributed by atoms with van der Waals surface area (Å²) in [7, 11) is 0. The van der Waals surface area contributed by atoms with Crippen LogP contribution in [0.2, 0.25) is 0 Å². The van der Waals surface area contributed by atoms with Gasteiger partial charge in [0.05, 0.1) is 18.1 Å². The molecule has 1 N–H and O–H groups in total. The van der Waals surface area contributed by atoms with Gasteiger partial charge in [0.2, 0.25) is 5.91 Å². The topological polar surface area (TPSA) is 41.6 Å². The molecule has 2 aromatic carbocycles. The Morgan fingerprint density at radius 3 is 2.00 bits per heavy atom. The second kappa shape index (κ2) is 13.3. The van der Waals surface area contributed by atoms with Gasteiger partial charge in [-0.1, -0.05) is 55.7 Å². The maximum atomic E-state index is 13.4. The zero-order chi connectivity index (χ0) is 26.0.